The van der Waals surface area contributed by atoms with Crippen LogP contribution in [-0.4, -0.2) is 4.57 Å². The van der Waals surface area contributed by atoms with Crippen molar-refractivity contribution in [2.45, 2.75) is 32.4 Å². The minimum atomic E-state index is -2.89. The zero-order chi connectivity index (χ0) is 14.8. The second-order valence-electron chi connectivity index (χ2n) is 5.46. The van der Waals surface area contributed by atoms with Gasteiger partial charge in [0.1, 0.15) is 0 Å². The van der Waals surface area contributed by atoms with Crippen LogP contribution < -0.4 is 5.73 Å². The number of alkyl halides is 2. The van der Waals surface area contributed by atoms with Crippen LogP contribution >= 0.6 is 0 Å². The highest BCUT2D eigenvalue weighted by atomic mass is 19.3. The molecule has 1 heterocycles. The molecule has 0 amide bonds. The van der Waals surface area contributed by atoms with Gasteiger partial charge in [-0.3, -0.25) is 0 Å². The van der Waals surface area contributed by atoms with Crippen LogP contribution in [0.5, 0.6) is 0 Å². The zero-order valence-electron chi connectivity index (χ0n) is 11.8. The predicted molar refractivity (Wildman–Crippen MR) is 76.5 cm³/mol. The van der Waals surface area contributed by atoms with E-state index < -0.39 is 5.92 Å². The fraction of sp³-hybridized carbons (Fsp3) is 0.375. The van der Waals surface area contributed by atoms with Gasteiger partial charge in [0.2, 0.25) is 0 Å². The van der Waals surface area contributed by atoms with Crippen LogP contribution in [-0.2, 0) is 12.5 Å². The Bertz CT molecular complexity index is 547. The monoisotopic (exact) mass is 278 g/mol. The molecule has 1 unspecified atom stereocenters. The molecule has 1 atom stereocenters. The van der Waals surface area contributed by atoms with Crippen molar-refractivity contribution in [1.82, 2.24) is 4.57 Å². The van der Waals surface area contributed by atoms with E-state index in [1.54, 1.807) is 30.6 Å². The number of nitrogens with two attached hydrogens (primary N) is 1. The lowest BCUT2D eigenvalue weighted by Crippen LogP contribution is -2.21. The fourth-order valence-corrected chi connectivity index (χ4v) is 2.14. The molecule has 108 valence electrons. The quantitative estimate of drug-likeness (QED) is 0.882. The molecule has 2 aromatic rings. The number of aromatic nitrogens is 1. The second kappa shape index (κ2) is 5.75. The first-order valence-electron chi connectivity index (χ1n) is 6.75. The van der Waals surface area contributed by atoms with Crippen molar-refractivity contribution < 1.29 is 8.78 Å². The summed E-state index contributed by atoms with van der Waals surface area (Å²) in [4.78, 5) is 0. The standard InChI is InChI=1S/C16H20F2N2/c1-12(2)15(19)13-8-9-20(10-13)11-16(17,18)14-6-4-3-5-7-14/h3-10,12,15H,11,19H2,1-2H3. The largest absolute Gasteiger partial charge is 0.348 e. The van der Waals surface area contributed by atoms with E-state index in [1.165, 1.54) is 16.7 Å². The molecule has 20 heavy (non-hydrogen) atoms. The Morgan fingerprint density at radius 3 is 2.40 bits per heavy atom. The van der Waals surface area contributed by atoms with Gasteiger partial charge in [0.25, 0.3) is 5.92 Å². The van der Waals surface area contributed by atoms with Crippen molar-refractivity contribution in [2.75, 3.05) is 0 Å². The van der Waals surface area contributed by atoms with E-state index in [2.05, 4.69) is 0 Å². The van der Waals surface area contributed by atoms with Crippen molar-refractivity contribution in [2.24, 2.45) is 11.7 Å². The van der Waals surface area contributed by atoms with Crippen LogP contribution in [0.15, 0.2) is 48.8 Å². The highest BCUT2D eigenvalue weighted by molar-refractivity contribution is 5.21. The van der Waals surface area contributed by atoms with E-state index in [9.17, 15) is 8.78 Å². The molecule has 2 rings (SSSR count). The van der Waals surface area contributed by atoms with Gasteiger partial charge in [-0.25, -0.2) is 0 Å². The van der Waals surface area contributed by atoms with Gasteiger partial charge in [-0.15, -0.1) is 0 Å². The van der Waals surface area contributed by atoms with E-state index in [0.717, 1.165) is 5.56 Å². The van der Waals surface area contributed by atoms with Crippen LogP contribution in [0.3, 0.4) is 0 Å². The summed E-state index contributed by atoms with van der Waals surface area (Å²) in [5, 5.41) is 0. The average molecular weight is 278 g/mol. The summed E-state index contributed by atoms with van der Waals surface area (Å²) in [5.41, 5.74) is 6.95. The minimum absolute atomic E-state index is 0.0309. The Morgan fingerprint density at radius 2 is 1.80 bits per heavy atom. The molecule has 0 spiro atoms. The molecular formula is C16H20F2N2. The normalized spacial score (nSPS) is 13.7. The van der Waals surface area contributed by atoms with Gasteiger partial charge in [-0.05, 0) is 17.5 Å². The van der Waals surface area contributed by atoms with E-state index in [1.807, 2.05) is 19.9 Å². The minimum Gasteiger partial charge on any atom is -0.348 e. The van der Waals surface area contributed by atoms with Crippen LogP contribution in [0.1, 0.15) is 31.0 Å². The van der Waals surface area contributed by atoms with E-state index in [-0.39, 0.29) is 24.1 Å². The predicted octanol–water partition coefficient (Wildman–Crippen LogP) is 3.94. The Morgan fingerprint density at radius 1 is 1.15 bits per heavy atom. The van der Waals surface area contributed by atoms with Crippen LogP contribution in [0.4, 0.5) is 8.78 Å². The number of nitrogens with zero attached hydrogens (tertiary/aromatic N) is 1. The molecule has 4 heteroatoms. The Balaban J connectivity index is 2.14. The molecule has 1 aromatic heterocycles. The highest BCUT2D eigenvalue weighted by Crippen LogP contribution is 2.30. The molecule has 1 aromatic carbocycles. The van der Waals surface area contributed by atoms with Gasteiger partial charge >= 0.3 is 0 Å². The van der Waals surface area contributed by atoms with Crippen molar-refractivity contribution in [1.29, 1.82) is 0 Å². The molecule has 0 aliphatic heterocycles. The average Bonchev–Trinajstić information content (AvgIpc) is 2.86. The summed E-state index contributed by atoms with van der Waals surface area (Å²) in [5.74, 6) is -2.61. The zero-order valence-corrected chi connectivity index (χ0v) is 11.8. The summed E-state index contributed by atoms with van der Waals surface area (Å²) < 4.78 is 29.8. The van der Waals surface area contributed by atoms with E-state index in [0.29, 0.717) is 0 Å². The SMILES string of the molecule is CC(C)C(N)c1ccn(CC(F)(F)c2ccccc2)c1. The first-order chi connectivity index (χ1) is 9.40. The lowest BCUT2D eigenvalue weighted by Gasteiger charge is -2.18. The molecule has 0 aliphatic carbocycles. The number of halogens is 2. The second-order valence-corrected chi connectivity index (χ2v) is 5.46. The van der Waals surface area contributed by atoms with Crippen molar-refractivity contribution >= 4 is 0 Å². The van der Waals surface area contributed by atoms with Crippen LogP contribution in [0.2, 0.25) is 0 Å². The van der Waals surface area contributed by atoms with Crippen molar-refractivity contribution in [3.8, 4) is 0 Å². The van der Waals surface area contributed by atoms with E-state index in [4.69, 9.17) is 5.73 Å². The lowest BCUT2D eigenvalue weighted by atomic mass is 10.00. The molecule has 0 bridgehead atoms. The highest BCUT2D eigenvalue weighted by Gasteiger charge is 2.31. The Kier molecular flexibility index (Phi) is 4.23. The summed E-state index contributed by atoms with van der Waals surface area (Å²) in [6.07, 6.45) is 3.37. The molecule has 0 fully saturated rings. The van der Waals surface area contributed by atoms with Gasteiger partial charge in [0, 0.05) is 24.0 Å². The summed E-state index contributed by atoms with van der Waals surface area (Å²) in [6.45, 7) is 3.66. The number of hydrogen-bond acceptors (Lipinski definition) is 1. The number of rotatable bonds is 5. The van der Waals surface area contributed by atoms with Gasteiger partial charge in [-0.1, -0.05) is 44.2 Å². The smallest absolute Gasteiger partial charge is 0.290 e. The van der Waals surface area contributed by atoms with Gasteiger partial charge in [0.15, 0.2) is 0 Å². The third-order valence-corrected chi connectivity index (χ3v) is 3.45. The van der Waals surface area contributed by atoms with E-state index >= 15 is 0 Å². The molecule has 0 aliphatic rings. The first kappa shape index (κ1) is 14.7. The topological polar surface area (TPSA) is 30.9 Å². The van der Waals surface area contributed by atoms with Crippen LogP contribution in [0, 0.1) is 5.92 Å². The lowest BCUT2D eigenvalue weighted by molar-refractivity contribution is -0.0221. The van der Waals surface area contributed by atoms with Gasteiger partial charge in [0.05, 0.1) is 6.54 Å². The molecule has 0 saturated heterocycles. The summed E-state index contributed by atoms with van der Waals surface area (Å²) >= 11 is 0. The van der Waals surface area contributed by atoms with Crippen LogP contribution in [0.25, 0.3) is 0 Å². The summed E-state index contributed by atoms with van der Waals surface area (Å²) in [7, 11) is 0. The van der Waals surface area contributed by atoms with Gasteiger partial charge < -0.3 is 10.3 Å². The molecule has 0 saturated carbocycles. The maximum Gasteiger partial charge on any atom is 0.290 e. The Labute approximate surface area is 118 Å². The molecule has 2 N–H and O–H groups in total. The third kappa shape index (κ3) is 3.25. The third-order valence-electron chi connectivity index (χ3n) is 3.45. The number of hydrogen-bond donors (Lipinski definition) is 1. The number of benzene rings is 1. The maximum absolute atomic E-state index is 14.2. The fourth-order valence-electron chi connectivity index (χ4n) is 2.14. The van der Waals surface area contributed by atoms with Gasteiger partial charge in [-0.2, -0.15) is 8.78 Å². The maximum atomic E-state index is 14.2. The first-order valence-corrected chi connectivity index (χ1v) is 6.75. The van der Waals surface area contributed by atoms with Crippen molar-refractivity contribution in [3.63, 3.8) is 0 Å². The summed E-state index contributed by atoms with van der Waals surface area (Å²) in [6, 6.07) is 9.56. The molecule has 2 nitrogen and oxygen atoms in total. The molecular weight excluding hydrogens is 258 g/mol. The molecule has 0 radical (unpaired) electrons. The van der Waals surface area contributed by atoms with Crippen molar-refractivity contribution in [3.05, 3.63) is 59.9 Å². The Hall–Kier alpha value is -1.68.